The molecule has 0 aliphatic carbocycles. The van der Waals surface area contributed by atoms with E-state index in [9.17, 15) is 13.6 Å². The van der Waals surface area contributed by atoms with Gasteiger partial charge in [-0.05, 0) is 30.8 Å². The van der Waals surface area contributed by atoms with Gasteiger partial charge < -0.3 is 0 Å². The van der Waals surface area contributed by atoms with Gasteiger partial charge in [0.05, 0.1) is 5.69 Å². The van der Waals surface area contributed by atoms with E-state index < -0.39 is 17.3 Å². The number of aryl methyl sites for hydroxylation is 1. The molecule has 1 aromatic carbocycles. The molecule has 84 valence electrons. The largest absolute Gasteiger partial charge is 0.347 e. The molecular formula is C9H7F2N3OS. The molecule has 1 aromatic heterocycles. The average molecular weight is 243 g/mol. The zero-order chi connectivity index (χ0) is 11.9. The second-order valence-electron chi connectivity index (χ2n) is 3.25. The lowest BCUT2D eigenvalue weighted by Gasteiger charge is -2.04. The van der Waals surface area contributed by atoms with E-state index >= 15 is 0 Å². The van der Waals surface area contributed by atoms with Crippen LogP contribution >= 0.6 is 12.2 Å². The van der Waals surface area contributed by atoms with E-state index in [0.717, 1.165) is 16.7 Å². The Kier molecular flexibility index (Phi) is 2.47. The molecule has 0 atom stereocenters. The van der Waals surface area contributed by atoms with E-state index in [4.69, 9.17) is 12.2 Å². The van der Waals surface area contributed by atoms with Gasteiger partial charge in [0, 0.05) is 6.07 Å². The van der Waals surface area contributed by atoms with Crippen molar-refractivity contribution < 1.29 is 8.78 Å². The number of hydrogen-bond donors (Lipinski definition) is 2. The molecule has 16 heavy (non-hydrogen) atoms. The summed E-state index contributed by atoms with van der Waals surface area (Å²) < 4.78 is 27.7. The first-order valence-corrected chi connectivity index (χ1v) is 4.77. The second kappa shape index (κ2) is 3.67. The maximum atomic E-state index is 13.6. The number of benzene rings is 1. The van der Waals surface area contributed by atoms with Gasteiger partial charge in [0.2, 0.25) is 4.77 Å². The third-order valence-electron chi connectivity index (χ3n) is 2.15. The molecule has 0 fully saturated rings. The highest BCUT2D eigenvalue weighted by molar-refractivity contribution is 7.71. The van der Waals surface area contributed by atoms with Crippen LogP contribution in [0.4, 0.5) is 8.78 Å². The van der Waals surface area contributed by atoms with Crippen LogP contribution in [0.25, 0.3) is 5.69 Å². The van der Waals surface area contributed by atoms with E-state index in [1.54, 1.807) is 0 Å². The normalized spacial score (nSPS) is 10.7. The van der Waals surface area contributed by atoms with Crippen molar-refractivity contribution in [2.24, 2.45) is 0 Å². The fraction of sp³-hybridized carbons (Fsp3) is 0.111. The summed E-state index contributed by atoms with van der Waals surface area (Å²) in [5.41, 5.74) is -0.692. The summed E-state index contributed by atoms with van der Waals surface area (Å²) in [6.07, 6.45) is 0. The SMILES string of the molecule is Cc1cc(F)c(-n2c(=O)[nH][nH]c2=S)cc1F. The summed E-state index contributed by atoms with van der Waals surface area (Å²) in [5, 5.41) is 4.53. The summed E-state index contributed by atoms with van der Waals surface area (Å²) in [4.78, 5) is 11.3. The lowest BCUT2D eigenvalue weighted by atomic mass is 10.2. The van der Waals surface area contributed by atoms with E-state index in [-0.39, 0.29) is 16.0 Å². The quantitative estimate of drug-likeness (QED) is 0.750. The number of nitrogens with zero attached hydrogens (tertiary/aromatic N) is 1. The smallest absolute Gasteiger partial charge is 0.272 e. The standard InChI is InChI=1S/C9H7F2N3OS/c1-4-2-6(11)7(3-5(4)10)14-8(15)12-13-9(14)16/h2-3H,1H3,(H,12,15)(H,13,16). The van der Waals surface area contributed by atoms with Crippen LogP contribution in [0.3, 0.4) is 0 Å². The third-order valence-corrected chi connectivity index (χ3v) is 2.44. The molecule has 2 rings (SSSR count). The fourth-order valence-electron chi connectivity index (χ4n) is 1.34. The summed E-state index contributed by atoms with van der Waals surface area (Å²) in [7, 11) is 0. The summed E-state index contributed by atoms with van der Waals surface area (Å²) in [6, 6.07) is 1.95. The van der Waals surface area contributed by atoms with Gasteiger partial charge in [-0.25, -0.2) is 23.2 Å². The molecule has 2 N–H and O–H groups in total. The van der Waals surface area contributed by atoms with Gasteiger partial charge in [-0.2, -0.15) is 0 Å². The van der Waals surface area contributed by atoms with Crippen molar-refractivity contribution >= 4 is 12.2 Å². The highest BCUT2D eigenvalue weighted by Gasteiger charge is 2.12. The molecule has 0 amide bonds. The maximum Gasteiger partial charge on any atom is 0.347 e. The number of hydrogen-bond acceptors (Lipinski definition) is 2. The van der Waals surface area contributed by atoms with E-state index in [1.165, 1.54) is 6.92 Å². The summed E-state index contributed by atoms with van der Waals surface area (Å²) >= 11 is 4.78. The first kappa shape index (κ1) is 10.7. The Hall–Kier alpha value is -1.76. The van der Waals surface area contributed by atoms with Crippen LogP contribution in [-0.4, -0.2) is 14.8 Å². The van der Waals surface area contributed by atoms with E-state index in [2.05, 4.69) is 10.2 Å². The average Bonchev–Trinajstić information content (AvgIpc) is 2.53. The molecule has 0 aliphatic heterocycles. The zero-order valence-corrected chi connectivity index (χ0v) is 8.99. The fourth-order valence-corrected chi connectivity index (χ4v) is 1.57. The van der Waals surface area contributed by atoms with Crippen LogP contribution in [0.2, 0.25) is 0 Å². The van der Waals surface area contributed by atoms with Crippen molar-refractivity contribution in [2.45, 2.75) is 6.92 Å². The lowest BCUT2D eigenvalue weighted by Crippen LogP contribution is -2.16. The van der Waals surface area contributed by atoms with Gasteiger partial charge in [0.15, 0.2) is 0 Å². The molecule has 0 spiro atoms. The summed E-state index contributed by atoms with van der Waals surface area (Å²) in [6.45, 7) is 1.43. The number of nitrogens with one attached hydrogen (secondary N) is 2. The van der Waals surface area contributed by atoms with Crippen molar-refractivity contribution in [3.63, 3.8) is 0 Å². The van der Waals surface area contributed by atoms with Gasteiger partial charge in [-0.1, -0.05) is 0 Å². The Balaban J connectivity index is 2.80. The minimum Gasteiger partial charge on any atom is -0.272 e. The van der Waals surface area contributed by atoms with Crippen LogP contribution in [0, 0.1) is 23.3 Å². The van der Waals surface area contributed by atoms with Gasteiger partial charge in [0.25, 0.3) is 0 Å². The van der Waals surface area contributed by atoms with Crippen molar-refractivity contribution in [3.05, 3.63) is 44.6 Å². The Labute approximate surface area is 93.5 Å². The summed E-state index contributed by atoms with van der Waals surface area (Å²) in [5.74, 6) is -1.31. The van der Waals surface area contributed by atoms with Crippen molar-refractivity contribution in [3.8, 4) is 5.69 Å². The Morgan fingerprint density at radius 2 is 1.94 bits per heavy atom. The van der Waals surface area contributed by atoms with Crippen molar-refractivity contribution in [1.82, 2.24) is 14.8 Å². The number of H-pyrrole nitrogens is 2. The minimum absolute atomic E-state index is 0.0212. The highest BCUT2D eigenvalue weighted by Crippen LogP contribution is 2.16. The first-order chi connectivity index (χ1) is 7.50. The molecule has 0 aliphatic rings. The van der Waals surface area contributed by atoms with Crippen molar-refractivity contribution in [1.29, 1.82) is 0 Å². The molecule has 0 radical (unpaired) electrons. The second-order valence-corrected chi connectivity index (χ2v) is 3.64. The monoisotopic (exact) mass is 243 g/mol. The molecule has 2 aromatic rings. The lowest BCUT2D eigenvalue weighted by molar-refractivity contribution is 0.583. The molecule has 4 nitrogen and oxygen atoms in total. The van der Waals surface area contributed by atoms with Gasteiger partial charge in [-0.3, -0.25) is 5.10 Å². The van der Waals surface area contributed by atoms with Crippen LogP contribution < -0.4 is 5.69 Å². The first-order valence-electron chi connectivity index (χ1n) is 4.36. The van der Waals surface area contributed by atoms with E-state index in [0.29, 0.717) is 0 Å². The minimum atomic E-state index is -0.708. The third kappa shape index (κ3) is 1.58. The number of rotatable bonds is 1. The predicted octanol–water partition coefficient (Wildman–Crippen LogP) is 1.81. The Bertz CT molecular complexity index is 628. The van der Waals surface area contributed by atoms with Crippen LogP contribution in [0.15, 0.2) is 16.9 Å². The Morgan fingerprint density at radius 1 is 1.25 bits per heavy atom. The highest BCUT2D eigenvalue weighted by atomic mass is 32.1. The van der Waals surface area contributed by atoms with Crippen LogP contribution in [0.1, 0.15) is 5.56 Å². The molecule has 0 bridgehead atoms. The van der Waals surface area contributed by atoms with Crippen LogP contribution in [0.5, 0.6) is 0 Å². The van der Waals surface area contributed by atoms with E-state index in [1.807, 2.05) is 0 Å². The van der Waals surface area contributed by atoms with Crippen molar-refractivity contribution in [2.75, 3.05) is 0 Å². The van der Waals surface area contributed by atoms with Gasteiger partial charge in [0.1, 0.15) is 11.6 Å². The van der Waals surface area contributed by atoms with Crippen LogP contribution in [-0.2, 0) is 0 Å². The number of aromatic nitrogens is 3. The molecule has 7 heteroatoms. The molecule has 1 heterocycles. The zero-order valence-electron chi connectivity index (χ0n) is 8.17. The maximum absolute atomic E-state index is 13.6. The Morgan fingerprint density at radius 3 is 2.50 bits per heavy atom. The molecule has 0 saturated heterocycles. The van der Waals surface area contributed by atoms with Gasteiger partial charge >= 0.3 is 5.69 Å². The predicted molar refractivity (Wildman–Crippen MR) is 56.2 cm³/mol. The number of halogens is 2. The molecule has 0 saturated carbocycles. The molecular weight excluding hydrogens is 236 g/mol. The topological polar surface area (TPSA) is 53.6 Å². The number of aromatic amines is 2. The molecule has 0 unspecified atom stereocenters. The van der Waals surface area contributed by atoms with Gasteiger partial charge in [-0.15, -0.1) is 0 Å².